The summed E-state index contributed by atoms with van der Waals surface area (Å²) in [6, 6.07) is 9.08. The summed E-state index contributed by atoms with van der Waals surface area (Å²) in [5.41, 5.74) is 8.24. The van der Waals surface area contributed by atoms with Crippen LogP contribution in [-0.2, 0) is 16.0 Å². The number of rotatable bonds is 3. The van der Waals surface area contributed by atoms with Gasteiger partial charge in [-0.15, -0.1) is 0 Å². The predicted octanol–water partition coefficient (Wildman–Crippen LogP) is 2.31. The molecule has 0 aromatic heterocycles. The summed E-state index contributed by atoms with van der Waals surface area (Å²) in [7, 11) is 2.19. The fourth-order valence-electron chi connectivity index (χ4n) is 3.54. The van der Waals surface area contributed by atoms with Crippen LogP contribution < -0.4 is 10.6 Å². The molecule has 0 bridgehead atoms. The second kappa shape index (κ2) is 6.34. The Bertz CT molecular complexity index is 466. The third-order valence-electron chi connectivity index (χ3n) is 4.97. The van der Waals surface area contributed by atoms with E-state index in [4.69, 9.17) is 15.2 Å². The molecule has 0 amide bonds. The maximum Gasteiger partial charge on any atom is 0.0745 e. The molecule has 0 saturated carbocycles. The molecule has 1 unspecified atom stereocenters. The van der Waals surface area contributed by atoms with Gasteiger partial charge < -0.3 is 20.1 Å². The normalized spacial score (nSPS) is 25.0. The number of nitrogens with two attached hydrogens (primary N) is 1. The van der Waals surface area contributed by atoms with Crippen LogP contribution in [0.3, 0.4) is 0 Å². The maximum atomic E-state index is 6.14. The predicted molar refractivity (Wildman–Crippen MR) is 84.5 cm³/mol. The van der Waals surface area contributed by atoms with E-state index in [9.17, 15) is 0 Å². The van der Waals surface area contributed by atoms with Gasteiger partial charge in [0.25, 0.3) is 0 Å². The van der Waals surface area contributed by atoms with Crippen molar-refractivity contribution in [3.05, 3.63) is 29.8 Å². The molecule has 1 aromatic rings. The number of ether oxygens (including phenoxy) is 2. The first-order chi connectivity index (χ1) is 10.2. The maximum absolute atomic E-state index is 6.14. The van der Waals surface area contributed by atoms with Crippen LogP contribution in [0.25, 0.3) is 0 Å². The van der Waals surface area contributed by atoms with Crippen molar-refractivity contribution in [3.8, 4) is 0 Å². The van der Waals surface area contributed by atoms with Crippen LogP contribution >= 0.6 is 0 Å². The lowest BCUT2D eigenvalue weighted by Crippen LogP contribution is -2.50. The second-order valence-corrected chi connectivity index (χ2v) is 6.28. The minimum atomic E-state index is 0.0426. The van der Waals surface area contributed by atoms with E-state index in [1.165, 1.54) is 11.3 Å². The van der Waals surface area contributed by atoms with Crippen molar-refractivity contribution in [2.45, 2.75) is 43.9 Å². The first-order valence-electron chi connectivity index (χ1n) is 7.96. The van der Waals surface area contributed by atoms with Crippen molar-refractivity contribution in [2.75, 3.05) is 31.8 Å². The van der Waals surface area contributed by atoms with Gasteiger partial charge in [-0.3, -0.25) is 0 Å². The average molecular weight is 290 g/mol. The quantitative estimate of drug-likeness (QED) is 0.928. The molecule has 1 aromatic carbocycles. The average Bonchev–Trinajstić information content (AvgIpc) is 2.55. The first kappa shape index (κ1) is 14.8. The summed E-state index contributed by atoms with van der Waals surface area (Å²) >= 11 is 0. The fourth-order valence-corrected chi connectivity index (χ4v) is 3.54. The Morgan fingerprint density at radius 1 is 1.29 bits per heavy atom. The van der Waals surface area contributed by atoms with E-state index in [-0.39, 0.29) is 5.60 Å². The third-order valence-corrected chi connectivity index (χ3v) is 4.97. The van der Waals surface area contributed by atoms with Crippen molar-refractivity contribution in [1.29, 1.82) is 0 Å². The van der Waals surface area contributed by atoms with Crippen molar-refractivity contribution >= 4 is 5.69 Å². The highest BCUT2D eigenvalue weighted by molar-refractivity contribution is 5.49. The molecule has 4 heteroatoms. The second-order valence-electron chi connectivity index (χ2n) is 6.28. The van der Waals surface area contributed by atoms with Gasteiger partial charge in [-0.1, -0.05) is 12.1 Å². The monoisotopic (exact) mass is 290 g/mol. The van der Waals surface area contributed by atoms with Crippen LogP contribution in [0.15, 0.2) is 24.3 Å². The minimum Gasteiger partial charge on any atom is -0.381 e. The SMILES string of the molecule is CN(c1cccc(CN)c1)C1CCOC2(CCOCC2)C1. The van der Waals surface area contributed by atoms with Gasteiger partial charge in [0.1, 0.15) is 0 Å². The van der Waals surface area contributed by atoms with E-state index in [0.29, 0.717) is 12.6 Å². The molecule has 1 atom stereocenters. The molecule has 21 heavy (non-hydrogen) atoms. The van der Waals surface area contributed by atoms with Crippen LogP contribution in [-0.4, -0.2) is 38.5 Å². The van der Waals surface area contributed by atoms with Crippen LogP contribution in [0.2, 0.25) is 0 Å². The molecule has 116 valence electrons. The number of nitrogens with zero attached hydrogens (tertiary/aromatic N) is 1. The number of hydrogen-bond donors (Lipinski definition) is 1. The minimum absolute atomic E-state index is 0.0426. The van der Waals surface area contributed by atoms with Gasteiger partial charge in [0, 0.05) is 45.1 Å². The largest absolute Gasteiger partial charge is 0.381 e. The number of anilines is 1. The summed E-state index contributed by atoms with van der Waals surface area (Å²) in [4.78, 5) is 2.40. The summed E-state index contributed by atoms with van der Waals surface area (Å²) < 4.78 is 11.6. The van der Waals surface area contributed by atoms with E-state index in [1.54, 1.807) is 0 Å². The van der Waals surface area contributed by atoms with Crippen LogP contribution in [0, 0.1) is 0 Å². The van der Waals surface area contributed by atoms with E-state index < -0.39 is 0 Å². The van der Waals surface area contributed by atoms with Crippen molar-refractivity contribution in [3.63, 3.8) is 0 Å². The Labute approximate surface area is 127 Å². The smallest absolute Gasteiger partial charge is 0.0745 e. The molecule has 2 aliphatic heterocycles. The molecule has 2 fully saturated rings. The zero-order valence-electron chi connectivity index (χ0n) is 12.9. The molecule has 4 nitrogen and oxygen atoms in total. The number of hydrogen-bond acceptors (Lipinski definition) is 4. The van der Waals surface area contributed by atoms with Crippen LogP contribution in [0.5, 0.6) is 0 Å². The summed E-state index contributed by atoms with van der Waals surface area (Å²) in [6.07, 6.45) is 4.24. The summed E-state index contributed by atoms with van der Waals surface area (Å²) in [5, 5.41) is 0. The molecule has 2 aliphatic rings. The lowest BCUT2D eigenvalue weighted by atomic mass is 9.83. The molecule has 2 heterocycles. The van der Waals surface area contributed by atoms with Gasteiger partial charge >= 0.3 is 0 Å². The van der Waals surface area contributed by atoms with Crippen LogP contribution in [0.4, 0.5) is 5.69 Å². The Morgan fingerprint density at radius 3 is 2.86 bits per heavy atom. The van der Waals surface area contributed by atoms with Gasteiger partial charge in [-0.05, 0) is 43.4 Å². The van der Waals surface area contributed by atoms with Gasteiger partial charge in [0.15, 0.2) is 0 Å². The zero-order valence-corrected chi connectivity index (χ0v) is 12.9. The lowest BCUT2D eigenvalue weighted by molar-refractivity contribution is -0.137. The standard InChI is InChI=1S/C17H26N2O2/c1-19(15-4-2-3-14(11-15)13-18)16-5-8-21-17(12-16)6-9-20-10-7-17/h2-4,11,16H,5-10,12-13,18H2,1H3. The highest BCUT2D eigenvalue weighted by Crippen LogP contribution is 2.36. The van der Waals surface area contributed by atoms with E-state index in [0.717, 1.165) is 45.5 Å². The number of benzene rings is 1. The molecular formula is C17H26N2O2. The summed E-state index contributed by atoms with van der Waals surface area (Å²) in [6.45, 7) is 3.11. The Balaban J connectivity index is 1.72. The Hall–Kier alpha value is -1.10. The fraction of sp³-hybridized carbons (Fsp3) is 0.647. The van der Waals surface area contributed by atoms with Gasteiger partial charge in [-0.2, -0.15) is 0 Å². The van der Waals surface area contributed by atoms with E-state index >= 15 is 0 Å². The van der Waals surface area contributed by atoms with Gasteiger partial charge in [0.05, 0.1) is 5.60 Å². The Morgan fingerprint density at radius 2 is 2.10 bits per heavy atom. The summed E-state index contributed by atoms with van der Waals surface area (Å²) in [5.74, 6) is 0. The molecule has 0 aliphatic carbocycles. The molecule has 1 spiro atoms. The highest BCUT2D eigenvalue weighted by atomic mass is 16.5. The molecule has 0 radical (unpaired) electrons. The third kappa shape index (κ3) is 3.23. The molecular weight excluding hydrogens is 264 g/mol. The first-order valence-corrected chi connectivity index (χ1v) is 7.96. The van der Waals surface area contributed by atoms with Crippen molar-refractivity contribution in [2.24, 2.45) is 5.73 Å². The lowest BCUT2D eigenvalue weighted by Gasteiger charge is -2.46. The van der Waals surface area contributed by atoms with E-state index in [1.807, 2.05) is 0 Å². The Kier molecular flexibility index (Phi) is 4.48. The van der Waals surface area contributed by atoms with Gasteiger partial charge in [0.2, 0.25) is 0 Å². The zero-order chi connectivity index (χ0) is 14.7. The highest BCUT2D eigenvalue weighted by Gasteiger charge is 2.40. The molecule has 2 saturated heterocycles. The van der Waals surface area contributed by atoms with Gasteiger partial charge in [-0.25, -0.2) is 0 Å². The van der Waals surface area contributed by atoms with Crippen molar-refractivity contribution < 1.29 is 9.47 Å². The topological polar surface area (TPSA) is 47.7 Å². The van der Waals surface area contributed by atoms with Crippen LogP contribution in [0.1, 0.15) is 31.2 Å². The van der Waals surface area contributed by atoms with E-state index in [2.05, 4.69) is 36.2 Å². The van der Waals surface area contributed by atoms with Crippen molar-refractivity contribution in [1.82, 2.24) is 0 Å². The molecule has 3 rings (SSSR count). The molecule has 2 N–H and O–H groups in total.